The lowest BCUT2D eigenvalue weighted by atomic mass is 10.3. The lowest BCUT2D eigenvalue weighted by Crippen LogP contribution is -2.04. The molecule has 2 N–H and O–H groups in total. The summed E-state index contributed by atoms with van der Waals surface area (Å²) in [7, 11) is 1.89. The zero-order chi connectivity index (χ0) is 13.3. The maximum absolute atomic E-state index is 5.76. The van der Waals surface area contributed by atoms with Crippen LogP contribution >= 0.6 is 31.9 Å². The van der Waals surface area contributed by atoms with Crippen LogP contribution in [0, 0.1) is 6.92 Å². The Kier molecular flexibility index (Phi) is 3.97. The lowest BCUT2D eigenvalue weighted by Gasteiger charge is -2.08. The van der Waals surface area contributed by atoms with Crippen LogP contribution in [0.2, 0.25) is 0 Å². The van der Waals surface area contributed by atoms with Gasteiger partial charge in [0.25, 0.3) is 0 Å². The minimum atomic E-state index is 0.438. The fourth-order valence-electron chi connectivity index (χ4n) is 1.66. The van der Waals surface area contributed by atoms with Crippen LogP contribution in [0.1, 0.15) is 11.4 Å². The van der Waals surface area contributed by atoms with E-state index in [-0.39, 0.29) is 0 Å². The van der Waals surface area contributed by atoms with Crippen LogP contribution in [0.15, 0.2) is 27.1 Å². The summed E-state index contributed by atoms with van der Waals surface area (Å²) in [4.78, 5) is 0. The molecule has 18 heavy (non-hydrogen) atoms. The molecule has 1 heterocycles. The molecule has 0 aliphatic heterocycles. The number of aryl methyl sites for hydroxylation is 2. The first kappa shape index (κ1) is 13.4. The highest BCUT2D eigenvalue weighted by Crippen LogP contribution is 2.25. The zero-order valence-electron chi connectivity index (χ0n) is 10.1. The van der Waals surface area contributed by atoms with Gasteiger partial charge in [-0.1, -0.05) is 15.9 Å². The van der Waals surface area contributed by atoms with Gasteiger partial charge >= 0.3 is 0 Å². The minimum absolute atomic E-state index is 0.438. The van der Waals surface area contributed by atoms with Crippen molar-refractivity contribution in [1.82, 2.24) is 9.78 Å². The number of nitrogens with two attached hydrogens (primary N) is 1. The van der Waals surface area contributed by atoms with Gasteiger partial charge in [0.15, 0.2) is 0 Å². The third-order valence-corrected chi connectivity index (χ3v) is 4.02. The quantitative estimate of drug-likeness (QED) is 0.837. The first-order chi connectivity index (χ1) is 8.47. The summed E-state index contributed by atoms with van der Waals surface area (Å²) >= 11 is 6.89. The van der Waals surface area contributed by atoms with E-state index >= 15 is 0 Å². The molecule has 96 valence electrons. The number of aromatic nitrogens is 2. The van der Waals surface area contributed by atoms with Gasteiger partial charge in [0, 0.05) is 23.3 Å². The molecule has 0 saturated carbocycles. The van der Waals surface area contributed by atoms with E-state index < -0.39 is 0 Å². The van der Waals surface area contributed by atoms with Crippen LogP contribution < -0.4 is 10.5 Å². The van der Waals surface area contributed by atoms with Gasteiger partial charge in [-0.05, 0) is 35.0 Å². The van der Waals surface area contributed by atoms with Gasteiger partial charge in [-0.3, -0.25) is 4.68 Å². The third-order valence-electron chi connectivity index (χ3n) is 2.53. The fourth-order valence-corrected chi connectivity index (χ4v) is 2.60. The molecule has 0 atom stereocenters. The van der Waals surface area contributed by atoms with Crippen molar-refractivity contribution in [3.05, 3.63) is 38.5 Å². The highest BCUT2D eigenvalue weighted by molar-refractivity contribution is 9.10. The van der Waals surface area contributed by atoms with Crippen LogP contribution in [-0.2, 0) is 13.7 Å². The number of halogens is 2. The molecule has 0 radical (unpaired) electrons. The molecular weight excluding hydrogens is 362 g/mol. The van der Waals surface area contributed by atoms with Crippen molar-refractivity contribution in [2.24, 2.45) is 7.05 Å². The molecule has 0 amide bonds. The number of hydrogen-bond acceptors (Lipinski definition) is 3. The van der Waals surface area contributed by atoms with Crippen LogP contribution in [-0.4, -0.2) is 9.78 Å². The van der Waals surface area contributed by atoms with Gasteiger partial charge in [0.05, 0.1) is 15.9 Å². The molecule has 1 aromatic carbocycles. The molecule has 0 aliphatic rings. The van der Waals surface area contributed by atoms with Crippen LogP contribution in [0.25, 0.3) is 0 Å². The van der Waals surface area contributed by atoms with Crippen LogP contribution in [0.3, 0.4) is 0 Å². The van der Waals surface area contributed by atoms with E-state index in [0.717, 1.165) is 26.1 Å². The van der Waals surface area contributed by atoms with E-state index in [0.29, 0.717) is 12.3 Å². The molecule has 1 aromatic heterocycles. The second-order valence-corrected chi connectivity index (χ2v) is 5.69. The predicted octanol–water partition coefficient (Wildman–Crippen LogP) is 3.41. The Balaban J connectivity index is 2.16. The Hall–Kier alpha value is -1.01. The van der Waals surface area contributed by atoms with Crippen LogP contribution in [0.4, 0.5) is 5.69 Å². The molecule has 0 aliphatic carbocycles. The molecule has 0 fully saturated rings. The van der Waals surface area contributed by atoms with Crippen molar-refractivity contribution in [3.63, 3.8) is 0 Å². The fraction of sp³-hybridized carbons (Fsp3) is 0.250. The van der Waals surface area contributed by atoms with Gasteiger partial charge < -0.3 is 10.5 Å². The summed E-state index contributed by atoms with van der Waals surface area (Å²) < 4.78 is 9.41. The number of ether oxygens (including phenoxy) is 1. The van der Waals surface area contributed by atoms with E-state index in [1.807, 2.05) is 26.1 Å². The highest BCUT2D eigenvalue weighted by atomic mass is 79.9. The van der Waals surface area contributed by atoms with Crippen molar-refractivity contribution in [1.29, 1.82) is 0 Å². The molecule has 0 spiro atoms. The topological polar surface area (TPSA) is 53.1 Å². The smallest absolute Gasteiger partial charge is 0.131 e. The summed E-state index contributed by atoms with van der Waals surface area (Å²) in [6.07, 6.45) is 0. The highest BCUT2D eigenvalue weighted by Gasteiger charge is 2.11. The lowest BCUT2D eigenvalue weighted by molar-refractivity contribution is 0.294. The maximum atomic E-state index is 5.76. The standard InChI is InChI=1S/C12H13Br2N3O/c1-7-12(14)11(17(2)16-7)6-18-10-4-8(13)3-9(15)5-10/h3-5H,6,15H2,1-2H3. The molecule has 0 bridgehead atoms. The third kappa shape index (κ3) is 2.87. The number of hydrogen-bond donors (Lipinski definition) is 1. The number of rotatable bonds is 3. The van der Waals surface area contributed by atoms with Gasteiger partial charge in [-0.2, -0.15) is 5.10 Å². The largest absolute Gasteiger partial charge is 0.487 e. The summed E-state index contributed by atoms with van der Waals surface area (Å²) in [5.41, 5.74) is 8.36. The number of nitrogens with zero attached hydrogens (tertiary/aromatic N) is 2. The minimum Gasteiger partial charge on any atom is -0.487 e. The second-order valence-electron chi connectivity index (χ2n) is 3.98. The van der Waals surface area contributed by atoms with Gasteiger partial charge in [0.2, 0.25) is 0 Å². The Bertz CT molecular complexity index is 561. The van der Waals surface area contributed by atoms with Crippen molar-refractivity contribution < 1.29 is 4.74 Å². The van der Waals surface area contributed by atoms with Crippen molar-refractivity contribution in [2.75, 3.05) is 5.73 Å². The summed E-state index contributed by atoms with van der Waals surface area (Å²) in [5.74, 6) is 0.729. The van der Waals surface area contributed by atoms with Crippen molar-refractivity contribution in [2.45, 2.75) is 13.5 Å². The zero-order valence-corrected chi connectivity index (χ0v) is 13.2. The Morgan fingerprint density at radius 1 is 1.33 bits per heavy atom. The molecule has 2 aromatic rings. The SMILES string of the molecule is Cc1nn(C)c(COc2cc(N)cc(Br)c2)c1Br. The average molecular weight is 375 g/mol. The molecule has 6 heteroatoms. The predicted molar refractivity (Wildman–Crippen MR) is 78.5 cm³/mol. The van der Waals surface area contributed by atoms with E-state index in [4.69, 9.17) is 10.5 Å². The maximum Gasteiger partial charge on any atom is 0.131 e. The van der Waals surface area contributed by atoms with Crippen molar-refractivity contribution >= 4 is 37.5 Å². The summed E-state index contributed by atoms with van der Waals surface area (Å²) in [5, 5.41) is 4.31. The van der Waals surface area contributed by atoms with Crippen LogP contribution in [0.5, 0.6) is 5.75 Å². The number of benzene rings is 1. The first-order valence-electron chi connectivity index (χ1n) is 5.34. The normalized spacial score (nSPS) is 10.7. The molecule has 0 saturated heterocycles. The number of nitrogen functional groups attached to an aromatic ring is 1. The average Bonchev–Trinajstić information content (AvgIpc) is 2.50. The first-order valence-corrected chi connectivity index (χ1v) is 6.93. The van der Waals surface area contributed by atoms with Gasteiger partial charge in [-0.15, -0.1) is 0 Å². The second kappa shape index (κ2) is 5.32. The van der Waals surface area contributed by atoms with Gasteiger partial charge in [-0.25, -0.2) is 0 Å². The molecule has 2 rings (SSSR count). The van der Waals surface area contributed by atoms with E-state index in [9.17, 15) is 0 Å². The van der Waals surface area contributed by atoms with E-state index in [2.05, 4.69) is 37.0 Å². The summed E-state index contributed by atoms with van der Waals surface area (Å²) in [6, 6.07) is 5.51. The van der Waals surface area contributed by atoms with E-state index in [1.165, 1.54) is 0 Å². The number of anilines is 1. The van der Waals surface area contributed by atoms with Gasteiger partial charge in [0.1, 0.15) is 12.4 Å². The van der Waals surface area contributed by atoms with E-state index in [1.54, 1.807) is 10.7 Å². The Morgan fingerprint density at radius 3 is 2.61 bits per heavy atom. The molecular formula is C12H13Br2N3O. The molecule has 0 unspecified atom stereocenters. The monoisotopic (exact) mass is 373 g/mol. The molecule has 4 nitrogen and oxygen atoms in total. The van der Waals surface area contributed by atoms with Crippen molar-refractivity contribution in [3.8, 4) is 5.75 Å². The Morgan fingerprint density at radius 2 is 2.06 bits per heavy atom. The Labute approximate surface area is 122 Å². The summed E-state index contributed by atoms with van der Waals surface area (Å²) in [6.45, 7) is 2.39.